The molecule has 0 aliphatic carbocycles. The zero-order valence-electron chi connectivity index (χ0n) is 11.9. The summed E-state index contributed by atoms with van der Waals surface area (Å²) in [6.07, 6.45) is 0.465. The van der Waals surface area contributed by atoms with Crippen molar-refractivity contribution in [2.75, 3.05) is 37.8 Å². The Hall–Kier alpha value is -1.91. The number of rotatable bonds is 7. The lowest BCUT2D eigenvalue weighted by Crippen LogP contribution is -2.31. The smallest absolute Gasteiger partial charge is 0.224 e. The summed E-state index contributed by atoms with van der Waals surface area (Å²) in [7, 11) is 1.60. The van der Waals surface area contributed by atoms with Crippen molar-refractivity contribution in [2.24, 2.45) is 0 Å². The highest BCUT2D eigenvalue weighted by molar-refractivity contribution is 5.77. The summed E-state index contributed by atoms with van der Waals surface area (Å²) in [4.78, 5) is 13.6. The molecule has 0 heterocycles. The second-order valence-corrected chi connectivity index (χ2v) is 4.20. The van der Waals surface area contributed by atoms with Gasteiger partial charge in [0.2, 0.25) is 5.91 Å². The Morgan fingerprint density at radius 2 is 2.05 bits per heavy atom. The van der Waals surface area contributed by atoms with Gasteiger partial charge < -0.3 is 20.7 Å². The average Bonchev–Trinajstić information content (AvgIpc) is 2.42. The van der Waals surface area contributed by atoms with E-state index in [0.717, 1.165) is 24.5 Å². The van der Waals surface area contributed by atoms with Gasteiger partial charge in [0, 0.05) is 32.1 Å². The molecule has 1 aromatic rings. The normalized spacial score (nSPS) is 10.1. The maximum atomic E-state index is 11.8. The maximum absolute atomic E-state index is 11.8. The van der Waals surface area contributed by atoms with Crippen molar-refractivity contribution in [3.63, 3.8) is 0 Å². The number of methoxy groups -OCH3 is 1. The fraction of sp³-hybridized carbons (Fsp3) is 0.500. The van der Waals surface area contributed by atoms with E-state index in [2.05, 4.69) is 5.32 Å². The minimum absolute atomic E-state index is 0.157. The molecule has 0 radical (unpaired) electrons. The lowest BCUT2D eigenvalue weighted by Gasteiger charge is -2.19. The third kappa shape index (κ3) is 4.35. The van der Waals surface area contributed by atoms with Crippen LogP contribution in [0.4, 0.5) is 11.4 Å². The summed E-state index contributed by atoms with van der Waals surface area (Å²) in [5, 5.41) is 3.17. The third-order valence-corrected chi connectivity index (χ3v) is 3.03. The number of hydrogen-bond donors (Lipinski definition) is 2. The summed E-state index contributed by atoms with van der Waals surface area (Å²) >= 11 is 0. The zero-order chi connectivity index (χ0) is 14.3. The van der Waals surface area contributed by atoms with Crippen molar-refractivity contribution in [3.05, 3.63) is 18.2 Å². The first kappa shape index (κ1) is 15.1. The molecule has 5 heteroatoms. The van der Waals surface area contributed by atoms with Crippen molar-refractivity contribution >= 4 is 17.3 Å². The van der Waals surface area contributed by atoms with Gasteiger partial charge in [0.05, 0.1) is 18.5 Å². The topological polar surface area (TPSA) is 67.6 Å². The molecule has 0 spiro atoms. The number of amides is 1. The Morgan fingerprint density at radius 3 is 2.58 bits per heavy atom. The van der Waals surface area contributed by atoms with Gasteiger partial charge in [-0.25, -0.2) is 0 Å². The molecular weight excluding hydrogens is 242 g/mol. The van der Waals surface area contributed by atoms with Gasteiger partial charge in [-0.05, 0) is 26.0 Å². The molecule has 106 valence electrons. The zero-order valence-corrected chi connectivity index (χ0v) is 11.9. The van der Waals surface area contributed by atoms with Gasteiger partial charge >= 0.3 is 0 Å². The monoisotopic (exact) mass is 265 g/mol. The van der Waals surface area contributed by atoms with Crippen LogP contribution in [0.15, 0.2) is 18.2 Å². The summed E-state index contributed by atoms with van der Waals surface area (Å²) in [5.74, 6) is 0.881. The molecule has 1 rings (SSSR count). The van der Waals surface area contributed by atoms with Gasteiger partial charge in [0.25, 0.3) is 0 Å². The van der Waals surface area contributed by atoms with Crippen molar-refractivity contribution in [2.45, 2.75) is 20.3 Å². The number of anilines is 2. The van der Waals surface area contributed by atoms with Crippen LogP contribution in [0.3, 0.4) is 0 Å². The first-order chi connectivity index (χ1) is 9.12. The Labute approximate surface area is 114 Å². The lowest BCUT2D eigenvalue weighted by molar-refractivity contribution is -0.130. The van der Waals surface area contributed by atoms with E-state index in [0.29, 0.717) is 18.7 Å². The standard InChI is InChI=1S/C14H23N3O2/c1-4-17(5-2)14(18)8-9-16-13-7-6-11(19-3)10-12(13)15/h6-7,10,16H,4-5,8-9,15H2,1-3H3. The van der Waals surface area contributed by atoms with E-state index >= 15 is 0 Å². The molecular formula is C14H23N3O2. The molecule has 19 heavy (non-hydrogen) atoms. The second kappa shape index (κ2) is 7.51. The quantitative estimate of drug-likeness (QED) is 0.739. The van der Waals surface area contributed by atoms with E-state index in [1.54, 1.807) is 13.2 Å². The van der Waals surface area contributed by atoms with E-state index in [1.807, 2.05) is 30.9 Å². The fourth-order valence-electron chi connectivity index (χ4n) is 1.87. The van der Waals surface area contributed by atoms with Crippen LogP contribution in [-0.2, 0) is 4.79 Å². The first-order valence-corrected chi connectivity index (χ1v) is 6.57. The van der Waals surface area contributed by atoms with Gasteiger partial charge in [-0.3, -0.25) is 4.79 Å². The van der Waals surface area contributed by atoms with Crippen molar-refractivity contribution < 1.29 is 9.53 Å². The molecule has 0 aromatic heterocycles. The third-order valence-electron chi connectivity index (χ3n) is 3.03. The van der Waals surface area contributed by atoms with Crippen LogP contribution in [0, 0.1) is 0 Å². The summed E-state index contributed by atoms with van der Waals surface area (Å²) in [5.41, 5.74) is 7.34. The molecule has 1 aromatic carbocycles. The van der Waals surface area contributed by atoms with E-state index in [9.17, 15) is 4.79 Å². The Kier molecular flexibility index (Phi) is 5.99. The molecule has 0 saturated heterocycles. The van der Waals surface area contributed by atoms with Crippen LogP contribution in [0.2, 0.25) is 0 Å². The lowest BCUT2D eigenvalue weighted by atomic mass is 10.2. The number of carbonyl (C=O) groups excluding carboxylic acids is 1. The molecule has 0 fully saturated rings. The predicted octanol–water partition coefficient (Wildman–Crippen LogP) is 1.95. The number of carbonyl (C=O) groups is 1. The number of nitrogens with two attached hydrogens (primary N) is 1. The highest BCUT2D eigenvalue weighted by Crippen LogP contribution is 2.23. The van der Waals surface area contributed by atoms with E-state index in [1.165, 1.54) is 0 Å². The van der Waals surface area contributed by atoms with Gasteiger partial charge in [0.1, 0.15) is 5.75 Å². The molecule has 0 aliphatic rings. The number of hydrogen-bond acceptors (Lipinski definition) is 4. The van der Waals surface area contributed by atoms with Gasteiger partial charge in [-0.2, -0.15) is 0 Å². The second-order valence-electron chi connectivity index (χ2n) is 4.20. The molecule has 3 N–H and O–H groups in total. The SMILES string of the molecule is CCN(CC)C(=O)CCNc1ccc(OC)cc1N. The van der Waals surface area contributed by atoms with Gasteiger partial charge in [-0.1, -0.05) is 0 Å². The van der Waals surface area contributed by atoms with Crippen LogP contribution < -0.4 is 15.8 Å². The predicted molar refractivity (Wildman–Crippen MR) is 78.4 cm³/mol. The molecule has 5 nitrogen and oxygen atoms in total. The van der Waals surface area contributed by atoms with Gasteiger partial charge in [0.15, 0.2) is 0 Å². The Balaban J connectivity index is 2.47. The molecule has 0 aliphatic heterocycles. The van der Waals surface area contributed by atoms with Crippen LogP contribution >= 0.6 is 0 Å². The average molecular weight is 265 g/mol. The van der Waals surface area contributed by atoms with Crippen LogP contribution in [0.1, 0.15) is 20.3 Å². The van der Waals surface area contributed by atoms with Crippen molar-refractivity contribution in [1.29, 1.82) is 0 Å². The summed E-state index contributed by atoms with van der Waals surface area (Å²) in [6, 6.07) is 5.45. The van der Waals surface area contributed by atoms with Crippen LogP contribution in [-0.4, -0.2) is 37.6 Å². The number of nitrogens with one attached hydrogen (secondary N) is 1. The number of benzene rings is 1. The molecule has 0 unspecified atom stereocenters. The van der Waals surface area contributed by atoms with E-state index in [-0.39, 0.29) is 5.91 Å². The summed E-state index contributed by atoms with van der Waals surface area (Å²) in [6.45, 7) is 6.04. The molecule has 0 atom stereocenters. The maximum Gasteiger partial charge on any atom is 0.224 e. The summed E-state index contributed by atoms with van der Waals surface area (Å²) < 4.78 is 5.08. The van der Waals surface area contributed by atoms with Gasteiger partial charge in [-0.15, -0.1) is 0 Å². The largest absolute Gasteiger partial charge is 0.497 e. The molecule has 0 saturated carbocycles. The van der Waals surface area contributed by atoms with E-state index in [4.69, 9.17) is 10.5 Å². The fourth-order valence-corrected chi connectivity index (χ4v) is 1.87. The first-order valence-electron chi connectivity index (χ1n) is 6.57. The van der Waals surface area contributed by atoms with Crippen molar-refractivity contribution in [3.8, 4) is 5.75 Å². The number of nitrogens with zero attached hydrogens (tertiary/aromatic N) is 1. The Morgan fingerprint density at radius 1 is 1.37 bits per heavy atom. The minimum atomic E-state index is 0.157. The van der Waals surface area contributed by atoms with Crippen LogP contribution in [0.5, 0.6) is 5.75 Å². The minimum Gasteiger partial charge on any atom is -0.497 e. The highest BCUT2D eigenvalue weighted by atomic mass is 16.5. The molecule has 1 amide bonds. The van der Waals surface area contributed by atoms with Crippen molar-refractivity contribution in [1.82, 2.24) is 4.90 Å². The van der Waals surface area contributed by atoms with E-state index < -0.39 is 0 Å². The Bertz CT molecular complexity index is 417. The number of nitrogen functional groups attached to an aromatic ring is 1. The highest BCUT2D eigenvalue weighted by Gasteiger charge is 2.09. The number of ether oxygens (including phenoxy) is 1. The molecule has 0 bridgehead atoms. The van der Waals surface area contributed by atoms with Crippen LogP contribution in [0.25, 0.3) is 0 Å².